The van der Waals surface area contributed by atoms with Crippen LogP contribution in [0.5, 0.6) is 5.75 Å². The van der Waals surface area contributed by atoms with Gasteiger partial charge in [-0.15, -0.1) is 0 Å². The number of halogens is 1. The number of anilines is 1. The van der Waals surface area contributed by atoms with Crippen molar-refractivity contribution in [3.8, 4) is 5.75 Å². The fraction of sp³-hybridized carbons (Fsp3) is 0.143. The number of ether oxygens (including phenoxy) is 1. The quantitative estimate of drug-likeness (QED) is 0.727. The molecule has 11 heavy (non-hydrogen) atoms. The topological polar surface area (TPSA) is 35.2 Å². The average Bonchev–Trinajstić information content (AvgIpc) is 2.04. The summed E-state index contributed by atoms with van der Waals surface area (Å²) in [5, 5.41) is 0. The standard InChI is InChI=1S/C7H8ClNOS/c1-10-6-4-5(9)2-3-7(6)11-8/h2-4H,9H2,1H3. The minimum Gasteiger partial charge on any atom is -0.495 e. The molecule has 1 aromatic carbocycles. The monoisotopic (exact) mass is 189 g/mol. The van der Waals surface area contributed by atoms with E-state index in [0.717, 1.165) is 15.9 Å². The summed E-state index contributed by atoms with van der Waals surface area (Å²) in [7, 11) is 8.27. The third-order valence-corrected chi connectivity index (χ3v) is 2.27. The molecule has 60 valence electrons. The number of hydrogen-bond acceptors (Lipinski definition) is 3. The third-order valence-electron chi connectivity index (χ3n) is 1.27. The van der Waals surface area contributed by atoms with Gasteiger partial charge in [0.25, 0.3) is 0 Å². The van der Waals surface area contributed by atoms with Crippen LogP contribution in [0.25, 0.3) is 0 Å². The van der Waals surface area contributed by atoms with Crippen molar-refractivity contribution in [1.29, 1.82) is 0 Å². The highest BCUT2D eigenvalue weighted by atomic mass is 35.7. The average molecular weight is 190 g/mol. The molecule has 2 N–H and O–H groups in total. The molecule has 0 aromatic heterocycles. The molecule has 0 aliphatic rings. The fourth-order valence-corrected chi connectivity index (χ4v) is 1.47. The Hall–Kier alpha value is -0.540. The molecule has 0 aliphatic heterocycles. The second-order valence-corrected chi connectivity index (χ2v) is 3.04. The van der Waals surface area contributed by atoms with Gasteiger partial charge in [0.15, 0.2) is 0 Å². The van der Waals surface area contributed by atoms with Crippen LogP contribution >= 0.6 is 21.7 Å². The predicted octanol–water partition coefficient (Wildman–Crippen LogP) is 2.52. The van der Waals surface area contributed by atoms with Crippen molar-refractivity contribution in [3.63, 3.8) is 0 Å². The van der Waals surface area contributed by atoms with Gasteiger partial charge in [-0.05, 0) is 33.8 Å². The first-order chi connectivity index (χ1) is 5.27. The number of rotatable bonds is 2. The van der Waals surface area contributed by atoms with Gasteiger partial charge in [0.1, 0.15) is 5.75 Å². The van der Waals surface area contributed by atoms with E-state index in [2.05, 4.69) is 0 Å². The molecular weight excluding hydrogens is 182 g/mol. The number of methoxy groups -OCH3 is 1. The summed E-state index contributed by atoms with van der Waals surface area (Å²) >= 11 is 0. The molecule has 4 heteroatoms. The second-order valence-electron chi connectivity index (χ2n) is 1.99. The smallest absolute Gasteiger partial charge is 0.135 e. The van der Waals surface area contributed by atoms with Gasteiger partial charge in [0.05, 0.1) is 12.0 Å². The molecule has 0 heterocycles. The third kappa shape index (κ3) is 1.94. The molecule has 0 aliphatic carbocycles. The van der Waals surface area contributed by atoms with Crippen LogP contribution in [-0.2, 0) is 0 Å². The minimum atomic E-state index is 0.677. The van der Waals surface area contributed by atoms with Crippen LogP contribution in [0, 0.1) is 0 Å². The van der Waals surface area contributed by atoms with E-state index in [0.29, 0.717) is 11.4 Å². The van der Waals surface area contributed by atoms with Crippen molar-refractivity contribution in [2.24, 2.45) is 0 Å². The van der Waals surface area contributed by atoms with Gasteiger partial charge >= 0.3 is 0 Å². The summed E-state index contributed by atoms with van der Waals surface area (Å²) in [5.74, 6) is 0.713. The van der Waals surface area contributed by atoms with Crippen LogP contribution < -0.4 is 10.5 Å². The summed E-state index contributed by atoms with van der Waals surface area (Å²) in [6, 6.07) is 5.35. The summed E-state index contributed by atoms with van der Waals surface area (Å²) < 4.78 is 5.03. The number of nitrogens with two attached hydrogens (primary N) is 1. The Balaban J connectivity index is 3.06. The maximum Gasteiger partial charge on any atom is 0.135 e. The van der Waals surface area contributed by atoms with Crippen molar-refractivity contribution in [1.82, 2.24) is 0 Å². The molecule has 0 atom stereocenters. The van der Waals surface area contributed by atoms with Crippen LogP contribution in [0.15, 0.2) is 23.1 Å². The summed E-state index contributed by atoms with van der Waals surface area (Å²) in [6.45, 7) is 0. The maximum absolute atomic E-state index is 5.56. The first kappa shape index (κ1) is 8.56. The molecule has 0 bridgehead atoms. The number of hydrogen-bond donors (Lipinski definition) is 1. The van der Waals surface area contributed by atoms with Crippen LogP contribution in [0.4, 0.5) is 5.69 Å². The number of nitrogen functional groups attached to an aromatic ring is 1. The van der Waals surface area contributed by atoms with Crippen molar-refractivity contribution < 1.29 is 4.74 Å². The van der Waals surface area contributed by atoms with E-state index in [4.69, 9.17) is 21.2 Å². The molecule has 0 radical (unpaired) electrons. The first-order valence-corrected chi connectivity index (χ1v) is 4.64. The Morgan fingerprint density at radius 2 is 2.27 bits per heavy atom. The van der Waals surface area contributed by atoms with Gasteiger partial charge in [-0.1, -0.05) is 0 Å². The van der Waals surface area contributed by atoms with Crippen LogP contribution in [0.3, 0.4) is 0 Å². The molecule has 0 saturated heterocycles. The van der Waals surface area contributed by atoms with Crippen LogP contribution in [-0.4, -0.2) is 7.11 Å². The minimum absolute atomic E-state index is 0.677. The zero-order valence-electron chi connectivity index (χ0n) is 6.00. The van der Waals surface area contributed by atoms with Crippen LogP contribution in [0.1, 0.15) is 0 Å². The van der Waals surface area contributed by atoms with E-state index >= 15 is 0 Å². The lowest BCUT2D eigenvalue weighted by molar-refractivity contribution is 0.405. The Bertz CT molecular complexity index is 254. The SMILES string of the molecule is COc1cc(N)ccc1SCl. The van der Waals surface area contributed by atoms with Gasteiger partial charge in [-0.3, -0.25) is 0 Å². The Morgan fingerprint density at radius 1 is 1.55 bits per heavy atom. The van der Waals surface area contributed by atoms with E-state index in [1.54, 1.807) is 19.2 Å². The highest BCUT2D eigenvalue weighted by Crippen LogP contribution is 2.32. The van der Waals surface area contributed by atoms with Crippen molar-refractivity contribution in [2.75, 3.05) is 12.8 Å². The van der Waals surface area contributed by atoms with Crippen molar-refractivity contribution >= 4 is 27.3 Å². The Kier molecular flexibility index (Phi) is 2.91. The largest absolute Gasteiger partial charge is 0.495 e. The van der Waals surface area contributed by atoms with Gasteiger partial charge in [0.2, 0.25) is 0 Å². The lowest BCUT2D eigenvalue weighted by Gasteiger charge is -2.04. The molecule has 0 spiro atoms. The second kappa shape index (κ2) is 3.74. The highest BCUT2D eigenvalue weighted by Gasteiger charge is 2.01. The van der Waals surface area contributed by atoms with Crippen LogP contribution in [0.2, 0.25) is 0 Å². The van der Waals surface area contributed by atoms with Gasteiger partial charge in [-0.25, -0.2) is 0 Å². The molecule has 0 unspecified atom stereocenters. The lowest BCUT2D eigenvalue weighted by Crippen LogP contribution is -1.88. The predicted molar refractivity (Wildman–Crippen MR) is 49.1 cm³/mol. The van der Waals surface area contributed by atoms with E-state index < -0.39 is 0 Å². The molecule has 0 amide bonds. The first-order valence-electron chi connectivity index (χ1n) is 3.00. The zero-order chi connectivity index (χ0) is 8.27. The summed E-state index contributed by atoms with van der Waals surface area (Å²) in [5.41, 5.74) is 6.20. The summed E-state index contributed by atoms with van der Waals surface area (Å²) in [6.07, 6.45) is 0. The van der Waals surface area contributed by atoms with E-state index in [-0.39, 0.29) is 0 Å². The van der Waals surface area contributed by atoms with Crippen molar-refractivity contribution in [2.45, 2.75) is 4.90 Å². The van der Waals surface area contributed by atoms with Gasteiger partial charge in [-0.2, -0.15) is 0 Å². The van der Waals surface area contributed by atoms with Gasteiger partial charge < -0.3 is 10.5 Å². The Morgan fingerprint density at radius 3 is 2.82 bits per heavy atom. The fourth-order valence-electron chi connectivity index (χ4n) is 0.748. The normalized spacial score (nSPS) is 9.64. The van der Waals surface area contributed by atoms with E-state index in [1.807, 2.05) is 6.07 Å². The maximum atomic E-state index is 5.56. The molecule has 0 saturated carbocycles. The molecule has 1 aromatic rings. The molecule has 1 rings (SSSR count). The molecular formula is C7H8ClNOS. The Labute approximate surface area is 74.2 Å². The highest BCUT2D eigenvalue weighted by molar-refractivity contribution is 8.21. The number of benzene rings is 1. The van der Waals surface area contributed by atoms with E-state index in [1.165, 1.54) is 0 Å². The zero-order valence-corrected chi connectivity index (χ0v) is 7.58. The van der Waals surface area contributed by atoms with Gasteiger partial charge in [0, 0.05) is 11.8 Å². The van der Waals surface area contributed by atoms with Crippen molar-refractivity contribution in [3.05, 3.63) is 18.2 Å². The lowest BCUT2D eigenvalue weighted by atomic mass is 10.3. The molecule has 2 nitrogen and oxygen atoms in total. The summed E-state index contributed by atoms with van der Waals surface area (Å²) in [4.78, 5) is 0.878. The van der Waals surface area contributed by atoms with E-state index in [9.17, 15) is 0 Å². The molecule has 0 fully saturated rings.